The molecule has 0 spiro atoms. The SMILES string of the molecule is Cc1nn(C)cc1CN(C)C(=O)CC1(c2ccccc2F)CC(=O)N(C2CCCCC2)C1=O. The summed E-state index contributed by atoms with van der Waals surface area (Å²) in [5.41, 5.74) is 0.318. The number of likely N-dealkylation sites (tertiary alicyclic amines) is 1. The fourth-order valence-corrected chi connectivity index (χ4v) is 5.31. The van der Waals surface area contributed by atoms with Crippen LogP contribution < -0.4 is 0 Å². The van der Waals surface area contributed by atoms with E-state index in [0.29, 0.717) is 6.54 Å². The average molecular weight is 455 g/mol. The van der Waals surface area contributed by atoms with Gasteiger partial charge in [-0.05, 0) is 25.8 Å². The summed E-state index contributed by atoms with van der Waals surface area (Å²) in [4.78, 5) is 43.1. The van der Waals surface area contributed by atoms with E-state index in [0.717, 1.165) is 43.4 Å². The molecule has 1 saturated carbocycles. The number of aryl methyl sites for hydroxylation is 2. The summed E-state index contributed by atoms with van der Waals surface area (Å²) in [5, 5.41) is 4.31. The summed E-state index contributed by atoms with van der Waals surface area (Å²) in [6.45, 7) is 2.19. The van der Waals surface area contributed by atoms with Crippen molar-refractivity contribution in [2.75, 3.05) is 7.05 Å². The van der Waals surface area contributed by atoms with Gasteiger partial charge in [0.1, 0.15) is 5.82 Å². The third-order valence-corrected chi connectivity index (χ3v) is 7.08. The fraction of sp³-hybridized carbons (Fsp3) is 0.520. The second kappa shape index (κ2) is 9.08. The Morgan fingerprint density at radius 3 is 2.55 bits per heavy atom. The molecule has 1 unspecified atom stereocenters. The van der Waals surface area contributed by atoms with Gasteiger partial charge >= 0.3 is 0 Å². The van der Waals surface area contributed by atoms with Gasteiger partial charge in [0.15, 0.2) is 0 Å². The predicted octanol–water partition coefficient (Wildman–Crippen LogP) is 3.25. The number of nitrogens with zero attached hydrogens (tertiary/aromatic N) is 4. The lowest BCUT2D eigenvalue weighted by atomic mass is 9.75. The highest BCUT2D eigenvalue weighted by Crippen LogP contribution is 2.43. The molecule has 1 aromatic heterocycles. The third-order valence-electron chi connectivity index (χ3n) is 7.08. The molecule has 1 aliphatic carbocycles. The summed E-state index contributed by atoms with van der Waals surface area (Å²) in [6, 6.07) is 5.84. The maximum atomic E-state index is 15.0. The van der Waals surface area contributed by atoms with Crippen molar-refractivity contribution in [1.29, 1.82) is 0 Å². The van der Waals surface area contributed by atoms with Crippen LogP contribution >= 0.6 is 0 Å². The van der Waals surface area contributed by atoms with E-state index in [1.807, 2.05) is 20.2 Å². The lowest BCUT2D eigenvalue weighted by molar-refractivity contribution is -0.145. The van der Waals surface area contributed by atoms with Crippen LogP contribution in [0.2, 0.25) is 0 Å². The zero-order valence-electron chi connectivity index (χ0n) is 19.5. The van der Waals surface area contributed by atoms with Gasteiger partial charge in [0.2, 0.25) is 17.7 Å². The topological polar surface area (TPSA) is 75.5 Å². The van der Waals surface area contributed by atoms with Crippen LogP contribution in [0.25, 0.3) is 0 Å². The molecule has 1 saturated heterocycles. The molecule has 33 heavy (non-hydrogen) atoms. The Morgan fingerprint density at radius 2 is 1.91 bits per heavy atom. The minimum atomic E-state index is -1.52. The highest BCUT2D eigenvalue weighted by Gasteiger charge is 2.56. The number of amides is 3. The van der Waals surface area contributed by atoms with Gasteiger partial charge in [-0.2, -0.15) is 5.10 Å². The first-order chi connectivity index (χ1) is 15.7. The molecule has 0 N–H and O–H groups in total. The normalized spacial score (nSPS) is 21.6. The summed E-state index contributed by atoms with van der Waals surface area (Å²) < 4.78 is 16.7. The molecule has 2 heterocycles. The van der Waals surface area contributed by atoms with Crippen molar-refractivity contribution in [3.05, 3.63) is 53.1 Å². The molecular formula is C25H31FN4O3. The van der Waals surface area contributed by atoms with Crippen molar-refractivity contribution in [2.24, 2.45) is 7.05 Å². The Balaban J connectivity index is 1.65. The fourth-order valence-electron chi connectivity index (χ4n) is 5.31. The maximum Gasteiger partial charge on any atom is 0.241 e. The van der Waals surface area contributed by atoms with Crippen LogP contribution in [0.1, 0.15) is 61.8 Å². The molecular weight excluding hydrogens is 423 g/mol. The Bertz CT molecular complexity index is 1080. The molecule has 3 amide bonds. The van der Waals surface area contributed by atoms with Crippen LogP contribution in [-0.2, 0) is 33.4 Å². The first-order valence-electron chi connectivity index (χ1n) is 11.6. The average Bonchev–Trinajstić information content (AvgIpc) is 3.23. The van der Waals surface area contributed by atoms with Crippen LogP contribution in [0.4, 0.5) is 4.39 Å². The van der Waals surface area contributed by atoms with Crippen molar-refractivity contribution in [1.82, 2.24) is 19.6 Å². The molecule has 1 aliphatic heterocycles. The van der Waals surface area contributed by atoms with Crippen molar-refractivity contribution in [2.45, 2.75) is 69.9 Å². The predicted molar refractivity (Wildman–Crippen MR) is 120 cm³/mol. The number of hydrogen-bond donors (Lipinski definition) is 0. The maximum absolute atomic E-state index is 15.0. The van der Waals surface area contributed by atoms with Crippen molar-refractivity contribution in [3.63, 3.8) is 0 Å². The third kappa shape index (κ3) is 4.30. The van der Waals surface area contributed by atoms with Crippen LogP contribution in [0.3, 0.4) is 0 Å². The van der Waals surface area contributed by atoms with E-state index in [1.165, 1.54) is 21.9 Å². The Kier molecular flexibility index (Phi) is 6.36. The van der Waals surface area contributed by atoms with Crippen LogP contribution in [0.5, 0.6) is 0 Å². The number of hydrogen-bond acceptors (Lipinski definition) is 4. The Morgan fingerprint density at radius 1 is 1.21 bits per heavy atom. The largest absolute Gasteiger partial charge is 0.341 e. The molecule has 0 bridgehead atoms. The second-order valence-corrected chi connectivity index (χ2v) is 9.44. The number of rotatable bonds is 6. The van der Waals surface area contributed by atoms with Gasteiger partial charge in [0.05, 0.1) is 11.1 Å². The van der Waals surface area contributed by atoms with Crippen molar-refractivity contribution in [3.8, 4) is 0 Å². The molecule has 7 nitrogen and oxygen atoms in total. The van der Waals surface area contributed by atoms with Gasteiger partial charge in [-0.15, -0.1) is 0 Å². The number of imide groups is 1. The van der Waals surface area contributed by atoms with E-state index in [2.05, 4.69) is 5.10 Å². The standard InChI is InChI=1S/C25H31FN4O3/c1-17-18(16-29(3)27-17)15-28(2)22(31)13-25(20-11-7-8-12-21(20)26)14-23(32)30(24(25)33)19-9-5-4-6-10-19/h7-8,11-12,16,19H,4-6,9-10,13-15H2,1-3H3. The first-order valence-corrected chi connectivity index (χ1v) is 11.6. The number of carbonyl (C=O) groups is 3. The van der Waals surface area contributed by atoms with E-state index in [4.69, 9.17) is 0 Å². The van der Waals surface area contributed by atoms with Gasteiger partial charge < -0.3 is 4.90 Å². The van der Waals surface area contributed by atoms with Gasteiger partial charge in [-0.25, -0.2) is 4.39 Å². The number of carbonyl (C=O) groups excluding carboxylic acids is 3. The minimum absolute atomic E-state index is 0.126. The molecule has 176 valence electrons. The molecule has 1 aromatic carbocycles. The highest BCUT2D eigenvalue weighted by molar-refractivity contribution is 6.11. The number of aromatic nitrogens is 2. The zero-order chi connectivity index (χ0) is 23.8. The van der Waals surface area contributed by atoms with Gasteiger partial charge in [-0.1, -0.05) is 37.5 Å². The van der Waals surface area contributed by atoms with Gasteiger partial charge in [-0.3, -0.25) is 24.0 Å². The first kappa shape index (κ1) is 23.1. The van der Waals surface area contributed by atoms with E-state index in [1.54, 1.807) is 23.9 Å². The summed E-state index contributed by atoms with van der Waals surface area (Å²) in [5.74, 6) is -1.63. The van der Waals surface area contributed by atoms with E-state index in [-0.39, 0.29) is 36.3 Å². The van der Waals surface area contributed by atoms with Crippen LogP contribution in [0, 0.1) is 12.7 Å². The van der Waals surface area contributed by atoms with E-state index >= 15 is 0 Å². The lowest BCUT2D eigenvalue weighted by Crippen LogP contribution is -2.47. The minimum Gasteiger partial charge on any atom is -0.341 e. The van der Waals surface area contributed by atoms with Crippen LogP contribution in [-0.4, -0.2) is 50.4 Å². The summed E-state index contributed by atoms with van der Waals surface area (Å²) in [6.07, 6.45) is 5.94. The monoisotopic (exact) mass is 454 g/mol. The van der Waals surface area contributed by atoms with Crippen LogP contribution in [0.15, 0.2) is 30.5 Å². The summed E-state index contributed by atoms with van der Waals surface area (Å²) >= 11 is 0. The van der Waals surface area contributed by atoms with E-state index < -0.39 is 17.1 Å². The van der Waals surface area contributed by atoms with Crippen molar-refractivity contribution >= 4 is 17.7 Å². The lowest BCUT2D eigenvalue weighted by Gasteiger charge is -2.33. The van der Waals surface area contributed by atoms with E-state index in [9.17, 15) is 18.8 Å². The Labute approximate surface area is 193 Å². The van der Waals surface area contributed by atoms with Gasteiger partial charge in [0, 0.05) is 56.8 Å². The quantitative estimate of drug-likeness (QED) is 0.628. The highest BCUT2D eigenvalue weighted by atomic mass is 19.1. The smallest absolute Gasteiger partial charge is 0.241 e. The molecule has 2 aliphatic rings. The van der Waals surface area contributed by atoms with Gasteiger partial charge in [0.25, 0.3) is 0 Å². The molecule has 2 fully saturated rings. The zero-order valence-corrected chi connectivity index (χ0v) is 19.5. The van der Waals surface area contributed by atoms with Crippen molar-refractivity contribution < 1.29 is 18.8 Å². The molecule has 2 aromatic rings. The molecule has 0 radical (unpaired) electrons. The Hall–Kier alpha value is -3.03. The molecule has 1 atom stereocenters. The number of halogens is 1. The molecule has 8 heteroatoms. The second-order valence-electron chi connectivity index (χ2n) is 9.44. The number of benzene rings is 1. The summed E-state index contributed by atoms with van der Waals surface area (Å²) in [7, 11) is 3.47. The molecule has 4 rings (SSSR count).